The average Bonchev–Trinajstić information content (AvgIpc) is 2.25. The zero-order valence-electron chi connectivity index (χ0n) is 11.0. The van der Waals surface area contributed by atoms with Crippen molar-refractivity contribution in [3.05, 3.63) is 0 Å². The van der Waals surface area contributed by atoms with Crippen molar-refractivity contribution in [2.75, 3.05) is 0 Å². The number of rotatable bonds is 6. The van der Waals surface area contributed by atoms with Gasteiger partial charge < -0.3 is 39.6 Å². The van der Waals surface area contributed by atoms with Crippen LogP contribution in [-0.2, 0) is 27.3 Å². The van der Waals surface area contributed by atoms with E-state index in [9.17, 15) is 23.9 Å². The first-order valence-electron chi connectivity index (χ1n) is 5.67. The fourth-order valence-corrected chi connectivity index (χ4v) is 3.69. The maximum Gasteiger partial charge on any atom is 0.470 e. The molecule has 1 fully saturated rings. The van der Waals surface area contributed by atoms with Crippen LogP contribution in [0, 0.1) is 0 Å². The molecule has 0 aliphatic heterocycles. The first-order chi connectivity index (χ1) is 10.1. The highest BCUT2D eigenvalue weighted by Gasteiger charge is 2.51. The molecule has 5 atom stereocenters. The highest BCUT2D eigenvalue weighted by Crippen LogP contribution is 2.49. The SMILES string of the molecule is O=P(O)(O)O[C@@H]1[C@@H](O)[C@H](OP(=O)(O)O)C[C@H](O)[C@H]1OP(=O)(O)O. The molecule has 0 spiro atoms. The van der Waals surface area contributed by atoms with Gasteiger partial charge in [0.15, 0.2) is 0 Å². The van der Waals surface area contributed by atoms with Gasteiger partial charge in [0, 0.05) is 6.42 Å². The molecule has 0 aromatic rings. The summed E-state index contributed by atoms with van der Waals surface area (Å²) in [6.07, 6.45) is -11.1. The van der Waals surface area contributed by atoms with Crippen LogP contribution in [0.3, 0.4) is 0 Å². The van der Waals surface area contributed by atoms with E-state index < -0.39 is 60.4 Å². The highest BCUT2D eigenvalue weighted by molar-refractivity contribution is 7.46. The minimum absolute atomic E-state index is 0.766. The van der Waals surface area contributed by atoms with E-state index in [1.165, 1.54) is 0 Å². The molecular formula is C6H15O14P3. The molecule has 138 valence electrons. The van der Waals surface area contributed by atoms with Gasteiger partial charge in [0.05, 0.1) is 6.10 Å². The zero-order chi connectivity index (χ0) is 18.2. The Kier molecular flexibility index (Phi) is 6.70. The lowest BCUT2D eigenvalue weighted by Gasteiger charge is -2.41. The maximum absolute atomic E-state index is 10.9. The molecule has 0 amide bonds. The van der Waals surface area contributed by atoms with Crippen LogP contribution in [0.15, 0.2) is 0 Å². The Morgan fingerprint density at radius 3 is 1.48 bits per heavy atom. The predicted molar refractivity (Wildman–Crippen MR) is 67.4 cm³/mol. The van der Waals surface area contributed by atoms with Crippen LogP contribution in [0.5, 0.6) is 0 Å². The van der Waals surface area contributed by atoms with E-state index >= 15 is 0 Å². The Labute approximate surface area is 128 Å². The van der Waals surface area contributed by atoms with Gasteiger partial charge in [0.25, 0.3) is 0 Å². The molecule has 0 unspecified atom stereocenters. The highest BCUT2D eigenvalue weighted by atomic mass is 31.2. The fourth-order valence-electron chi connectivity index (χ4n) is 1.99. The second-order valence-electron chi connectivity index (χ2n) is 4.55. The second-order valence-corrected chi connectivity index (χ2v) is 8.13. The van der Waals surface area contributed by atoms with Gasteiger partial charge in [0.2, 0.25) is 0 Å². The Morgan fingerprint density at radius 2 is 1.09 bits per heavy atom. The topological polar surface area (TPSA) is 241 Å². The van der Waals surface area contributed by atoms with E-state index in [0.29, 0.717) is 0 Å². The van der Waals surface area contributed by atoms with Gasteiger partial charge in [-0.2, -0.15) is 0 Å². The van der Waals surface area contributed by atoms with Gasteiger partial charge in [-0.05, 0) is 0 Å². The molecule has 14 nitrogen and oxygen atoms in total. The van der Waals surface area contributed by atoms with Crippen LogP contribution in [0.2, 0.25) is 0 Å². The predicted octanol–water partition coefficient (Wildman–Crippen LogP) is -2.45. The molecular weight excluding hydrogens is 389 g/mol. The first-order valence-corrected chi connectivity index (χ1v) is 10.3. The summed E-state index contributed by atoms with van der Waals surface area (Å²) in [6, 6.07) is 0. The summed E-state index contributed by atoms with van der Waals surface area (Å²) in [5.41, 5.74) is 0. The number of phosphoric acid groups is 3. The summed E-state index contributed by atoms with van der Waals surface area (Å²) in [4.78, 5) is 52.4. The van der Waals surface area contributed by atoms with Gasteiger partial charge >= 0.3 is 23.5 Å². The molecule has 23 heavy (non-hydrogen) atoms. The third-order valence-electron chi connectivity index (χ3n) is 2.69. The zero-order valence-corrected chi connectivity index (χ0v) is 13.6. The number of hydrogen-bond donors (Lipinski definition) is 8. The van der Waals surface area contributed by atoms with Crippen molar-refractivity contribution in [2.24, 2.45) is 0 Å². The fraction of sp³-hybridized carbons (Fsp3) is 1.00. The number of hydrogen-bond acceptors (Lipinski definition) is 8. The molecule has 0 bridgehead atoms. The van der Waals surface area contributed by atoms with Gasteiger partial charge in [-0.3, -0.25) is 13.6 Å². The third-order valence-corrected chi connectivity index (χ3v) is 4.27. The molecule has 8 N–H and O–H groups in total. The quantitative estimate of drug-likeness (QED) is 0.214. The lowest BCUT2D eigenvalue weighted by atomic mass is 9.87. The Balaban J connectivity index is 3.10. The van der Waals surface area contributed by atoms with Crippen molar-refractivity contribution in [3.63, 3.8) is 0 Å². The summed E-state index contributed by atoms with van der Waals surface area (Å²) < 4.78 is 44.9. The monoisotopic (exact) mass is 404 g/mol. The standard InChI is InChI=1S/C6H15O14P3/c7-2-1-3(18-21(9,10)11)4(8)6(20-23(15,16)17)5(2)19-22(12,13)14/h2-8H,1H2,(H2,9,10,11)(H2,12,13,14)(H2,15,16,17)/t2-,3+,4-,5+,6+/m0/s1. The smallest absolute Gasteiger partial charge is 0.390 e. The lowest BCUT2D eigenvalue weighted by molar-refractivity contribution is -0.165. The van der Waals surface area contributed by atoms with E-state index in [-0.39, 0.29) is 0 Å². The van der Waals surface area contributed by atoms with E-state index in [4.69, 9.17) is 29.4 Å². The molecule has 0 aromatic heterocycles. The van der Waals surface area contributed by atoms with Crippen LogP contribution < -0.4 is 0 Å². The molecule has 1 aliphatic carbocycles. The van der Waals surface area contributed by atoms with E-state index in [1.807, 2.05) is 0 Å². The second kappa shape index (κ2) is 7.24. The Bertz CT molecular complexity index is 545. The number of aliphatic hydroxyl groups excluding tert-OH is 2. The average molecular weight is 404 g/mol. The summed E-state index contributed by atoms with van der Waals surface area (Å²) in [5, 5.41) is 19.6. The van der Waals surface area contributed by atoms with Crippen LogP contribution in [-0.4, -0.2) is 70.1 Å². The molecule has 1 saturated carbocycles. The van der Waals surface area contributed by atoms with Crippen LogP contribution >= 0.6 is 23.5 Å². The van der Waals surface area contributed by atoms with Crippen LogP contribution in [0.25, 0.3) is 0 Å². The minimum Gasteiger partial charge on any atom is -0.390 e. The summed E-state index contributed by atoms with van der Waals surface area (Å²) in [5.74, 6) is 0. The molecule has 0 saturated heterocycles. The Morgan fingerprint density at radius 1 is 0.696 bits per heavy atom. The molecule has 1 aliphatic rings. The summed E-state index contributed by atoms with van der Waals surface area (Å²) in [7, 11) is -15.7. The van der Waals surface area contributed by atoms with Crippen molar-refractivity contribution in [1.82, 2.24) is 0 Å². The van der Waals surface area contributed by atoms with E-state index in [2.05, 4.69) is 13.6 Å². The molecule has 17 heteroatoms. The minimum atomic E-state index is -5.33. The summed E-state index contributed by atoms with van der Waals surface area (Å²) >= 11 is 0. The van der Waals surface area contributed by atoms with Gasteiger partial charge in [-0.25, -0.2) is 13.7 Å². The van der Waals surface area contributed by atoms with E-state index in [1.54, 1.807) is 0 Å². The van der Waals surface area contributed by atoms with Crippen molar-refractivity contribution in [2.45, 2.75) is 36.9 Å². The number of aliphatic hydroxyl groups is 2. The van der Waals surface area contributed by atoms with Gasteiger partial charge in [-0.1, -0.05) is 0 Å². The van der Waals surface area contributed by atoms with Crippen molar-refractivity contribution in [3.8, 4) is 0 Å². The largest absolute Gasteiger partial charge is 0.470 e. The lowest BCUT2D eigenvalue weighted by Crippen LogP contribution is -2.57. The van der Waals surface area contributed by atoms with E-state index in [0.717, 1.165) is 0 Å². The number of phosphoric ester groups is 3. The molecule has 0 radical (unpaired) electrons. The molecule has 0 aromatic carbocycles. The maximum atomic E-state index is 10.9. The van der Waals surface area contributed by atoms with Crippen LogP contribution in [0.4, 0.5) is 0 Å². The summed E-state index contributed by atoms with van der Waals surface area (Å²) in [6.45, 7) is 0. The molecule has 0 heterocycles. The normalized spacial score (nSPS) is 33.7. The van der Waals surface area contributed by atoms with Crippen LogP contribution in [0.1, 0.15) is 6.42 Å². The van der Waals surface area contributed by atoms with Gasteiger partial charge in [0.1, 0.15) is 24.4 Å². The Hall–Kier alpha value is 0.250. The molecule has 1 rings (SSSR count). The van der Waals surface area contributed by atoms with Crippen molar-refractivity contribution >= 4 is 23.5 Å². The first kappa shape index (κ1) is 21.3. The van der Waals surface area contributed by atoms with Crippen molar-refractivity contribution < 1.29 is 66.8 Å². The van der Waals surface area contributed by atoms with Crippen molar-refractivity contribution in [1.29, 1.82) is 0 Å². The van der Waals surface area contributed by atoms with Gasteiger partial charge in [-0.15, -0.1) is 0 Å². The third kappa shape index (κ3) is 7.34.